The number of hydrogen-bond donors (Lipinski definition) is 1. The van der Waals surface area contributed by atoms with Crippen LogP contribution in [0.1, 0.15) is 0 Å². The summed E-state index contributed by atoms with van der Waals surface area (Å²) in [6.45, 7) is 3.64. The highest BCUT2D eigenvalue weighted by Crippen LogP contribution is 2.12. The zero-order chi connectivity index (χ0) is 10.4. The van der Waals surface area contributed by atoms with E-state index in [2.05, 4.69) is 6.58 Å². The van der Waals surface area contributed by atoms with Crippen molar-refractivity contribution in [1.82, 2.24) is 0 Å². The van der Waals surface area contributed by atoms with Crippen molar-refractivity contribution in [3.05, 3.63) is 43.0 Å². The van der Waals surface area contributed by atoms with Crippen LogP contribution in [0.5, 0.6) is 0 Å². The van der Waals surface area contributed by atoms with Gasteiger partial charge < -0.3 is 10.0 Å². The van der Waals surface area contributed by atoms with Crippen LogP contribution in [0.4, 0.5) is 5.69 Å². The number of nitrogens with zero attached hydrogens (tertiary/aromatic N) is 1. The molecule has 0 aliphatic heterocycles. The molecule has 0 atom stereocenters. The highest BCUT2D eigenvalue weighted by molar-refractivity contribution is 6.00. The van der Waals surface area contributed by atoms with Crippen LogP contribution in [-0.2, 0) is 4.79 Å². The summed E-state index contributed by atoms with van der Waals surface area (Å²) in [5.74, 6) is -0.203. The van der Waals surface area contributed by atoms with E-state index < -0.39 is 0 Å². The van der Waals surface area contributed by atoms with E-state index in [0.29, 0.717) is 0 Å². The van der Waals surface area contributed by atoms with E-state index in [1.54, 1.807) is 0 Å². The lowest BCUT2D eigenvalue weighted by Gasteiger charge is -2.19. The third-order valence-corrected chi connectivity index (χ3v) is 1.83. The largest absolute Gasteiger partial charge is 0.395 e. The van der Waals surface area contributed by atoms with Crippen LogP contribution < -0.4 is 4.90 Å². The highest BCUT2D eigenvalue weighted by atomic mass is 16.3. The minimum absolute atomic E-state index is 0.0610. The maximum atomic E-state index is 11.4. The Labute approximate surface area is 83.3 Å². The van der Waals surface area contributed by atoms with Crippen LogP contribution in [0.15, 0.2) is 43.0 Å². The van der Waals surface area contributed by atoms with Gasteiger partial charge in [-0.05, 0) is 18.2 Å². The Hall–Kier alpha value is -1.61. The molecule has 1 N–H and O–H groups in total. The molecule has 0 radical (unpaired) electrons. The van der Waals surface area contributed by atoms with Crippen molar-refractivity contribution >= 4 is 11.6 Å². The molecule has 3 heteroatoms. The highest BCUT2D eigenvalue weighted by Gasteiger charge is 2.10. The van der Waals surface area contributed by atoms with E-state index in [1.807, 2.05) is 30.3 Å². The lowest BCUT2D eigenvalue weighted by molar-refractivity contribution is -0.114. The molecule has 1 aromatic carbocycles. The summed E-state index contributed by atoms with van der Waals surface area (Å²) in [7, 11) is 0. The predicted molar refractivity (Wildman–Crippen MR) is 56.1 cm³/mol. The molecule has 0 saturated carbocycles. The molecule has 3 nitrogen and oxygen atoms in total. The predicted octanol–water partition coefficient (Wildman–Crippen LogP) is 1.20. The molecule has 74 valence electrons. The molecule has 0 aliphatic rings. The maximum Gasteiger partial charge on any atom is 0.250 e. The summed E-state index contributed by atoms with van der Waals surface area (Å²) in [4.78, 5) is 12.9. The van der Waals surface area contributed by atoms with Gasteiger partial charge in [-0.2, -0.15) is 0 Å². The lowest BCUT2D eigenvalue weighted by Crippen LogP contribution is -2.31. The fourth-order valence-electron chi connectivity index (χ4n) is 1.18. The molecule has 14 heavy (non-hydrogen) atoms. The average molecular weight is 191 g/mol. The number of benzene rings is 1. The zero-order valence-corrected chi connectivity index (χ0v) is 7.89. The van der Waals surface area contributed by atoms with Crippen molar-refractivity contribution in [3.63, 3.8) is 0 Å². The summed E-state index contributed by atoms with van der Waals surface area (Å²) < 4.78 is 0. The Morgan fingerprint density at radius 3 is 2.57 bits per heavy atom. The Morgan fingerprint density at radius 2 is 2.07 bits per heavy atom. The second-order valence-electron chi connectivity index (χ2n) is 2.75. The number of anilines is 1. The normalized spacial score (nSPS) is 9.50. The van der Waals surface area contributed by atoms with Gasteiger partial charge in [-0.3, -0.25) is 4.79 Å². The summed E-state index contributed by atoms with van der Waals surface area (Å²) in [5, 5.41) is 8.81. The average Bonchev–Trinajstić information content (AvgIpc) is 2.26. The quantitative estimate of drug-likeness (QED) is 0.726. The molecule has 1 amide bonds. The molecule has 1 rings (SSSR count). The van der Waals surface area contributed by atoms with Crippen molar-refractivity contribution in [2.24, 2.45) is 0 Å². The van der Waals surface area contributed by atoms with E-state index >= 15 is 0 Å². The van der Waals surface area contributed by atoms with Crippen LogP contribution >= 0.6 is 0 Å². The Kier molecular flexibility index (Phi) is 3.88. The summed E-state index contributed by atoms with van der Waals surface area (Å²) >= 11 is 0. The third-order valence-electron chi connectivity index (χ3n) is 1.83. The van der Waals surface area contributed by atoms with Crippen molar-refractivity contribution in [2.45, 2.75) is 0 Å². The number of aliphatic hydroxyl groups excluding tert-OH is 1. The van der Waals surface area contributed by atoms with Crippen LogP contribution in [0, 0.1) is 0 Å². The first-order valence-electron chi connectivity index (χ1n) is 4.39. The molecule has 0 aliphatic carbocycles. The number of rotatable bonds is 4. The van der Waals surface area contributed by atoms with Crippen molar-refractivity contribution in [2.75, 3.05) is 18.1 Å². The second-order valence-corrected chi connectivity index (χ2v) is 2.75. The van der Waals surface area contributed by atoms with Gasteiger partial charge in [-0.1, -0.05) is 24.8 Å². The number of amides is 1. The van der Waals surface area contributed by atoms with Gasteiger partial charge >= 0.3 is 0 Å². The molecular weight excluding hydrogens is 178 g/mol. The van der Waals surface area contributed by atoms with Gasteiger partial charge in [0.25, 0.3) is 0 Å². The number of hydrogen-bond acceptors (Lipinski definition) is 2. The van der Waals surface area contributed by atoms with Crippen LogP contribution in [-0.4, -0.2) is 24.2 Å². The number of carbonyl (C=O) groups is 1. The van der Waals surface area contributed by atoms with Gasteiger partial charge in [0.2, 0.25) is 5.91 Å². The summed E-state index contributed by atoms with van der Waals surface area (Å²) in [6, 6.07) is 9.19. The molecule has 0 unspecified atom stereocenters. The standard InChI is InChI=1S/C11H13NO2/c1-2-11(14)12(8-9-13)10-6-4-3-5-7-10/h2-7,13H,1,8-9H2. The minimum Gasteiger partial charge on any atom is -0.395 e. The molecular formula is C11H13NO2. The lowest BCUT2D eigenvalue weighted by atomic mass is 10.3. The topological polar surface area (TPSA) is 40.5 Å². The molecule has 0 aromatic heterocycles. The maximum absolute atomic E-state index is 11.4. The van der Waals surface area contributed by atoms with Crippen molar-refractivity contribution < 1.29 is 9.90 Å². The van der Waals surface area contributed by atoms with Gasteiger partial charge in [-0.25, -0.2) is 0 Å². The monoisotopic (exact) mass is 191 g/mol. The summed E-state index contributed by atoms with van der Waals surface area (Å²) in [6.07, 6.45) is 1.24. The van der Waals surface area contributed by atoms with Crippen molar-refractivity contribution in [3.8, 4) is 0 Å². The fraction of sp³-hybridized carbons (Fsp3) is 0.182. The van der Waals surface area contributed by atoms with E-state index in [0.717, 1.165) is 5.69 Å². The van der Waals surface area contributed by atoms with Gasteiger partial charge in [0.1, 0.15) is 0 Å². The second kappa shape index (κ2) is 5.19. The first kappa shape index (κ1) is 10.5. The molecule has 0 saturated heterocycles. The van der Waals surface area contributed by atoms with E-state index in [9.17, 15) is 4.79 Å². The fourth-order valence-corrected chi connectivity index (χ4v) is 1.18. The molecule has 1 aromatic rings. The first-order chi connectivity index (χ1) is 6.79. The third kappa shape index (κ3) is 2.44. The Morgan fingerprint density at radius 1 is 1.43 bits per heavy atom. The van der Waals surface area contributed by atoms with Crippen LogP contribution in [0.3, 0.4) is 0 Å². The van der Waals surface area contributed by atoms with Gasteiger partial charge in [-0.15, -0.1) is 0 Å². The van der Waals surface area contributed by atoms with Gasteiger partial charge in [0.15, 0.2) is 0 Å². The number of aliphatic hydroxyl groups is 1. The van der Waals surface area contributed by atoms with Crippen LogP contribution in [0.25, 0.3) is 0 Å². The van der Waals surface area contributed by atoms with Gasteiger partial charge in [0, 0.05) is 12.2 Å². The SMILES string of the molecule is C=CC(=O)N(CCO)c1ccccc1. The Balaban J connectivity index is 2.88. The first-order valence-corrected chi connectivity index (χ1v) is 4.39. The zero-order valence-electron chi connectivity index (χ0n) is 7.89. The molecule has 0 spiro atoms. The van der Waals surface area contributed by atoms with E-state index in [-0.39, 0.29) is 19.1 Å². The minimum atomic E-state index is -0.203. The van der Waals surface area contributed by atoms with Crippen LogP contribution in [0.2, 0.25) is 0 Å². The summed E-state index contributed by atoms with van der Waals surface area (Å²) in [5.41, 5.74) is 0.770. The smallest absolute Gasteiger partial charge is 0.250 e. The number of para-hydroxylation sites is 1. The Bertz CT molecular complexity index is 308. The van der Waals surface area contributed by atoms with Crippen molar-refractivity contribution in [1.29, 1.82) is 0 Å². The number of carbonyl (C=O) groups excluding carboxylic acids is 1. The molecule has 0 fully saturated rings. The van der Waals surface area contributed by atoms with E-state index in [4.69, 9.17) is 5.11 Å². The van der Waals surface area contributed by atoms with Gasteiger partial charge in [0.05, 0.1) is 6.61 Å². The molecule has 0 heterocycles. The van der Waals surface area contributed by atoms with E-state index in [1.165, 1.54) is 11.0 Å². The molecule has 0 bridgehead atoms.